The molecule has 1 aliphatic carbocycles. The van der Waals surface area contributed by atoms with Crippen molar-refractivity contribution in [2.45, 2.75) is 64.5 Å². The van der Waals surface area contributed by atoms with E-state index in [-0.39, 0.29) is 11.9 Å². The second-order valence-corrected chi connectivity index (χ2v) is 10.4. The van der Waals surface area contributed by atoms with Crippen molar-refractivity contribution in [1.29, 1.82) is 0 Å². The van der Waals surface area contributed by atoms with Crippen molar-refractivity contribution < 1.29 is 4.79 Å². The quantitative estimate of drug-likeness (QED) is 0.577. The van der Waals surface area contributed by atoms with Gasteiger partial charge in [-0.25, -0.2) is 4.98 Å². The van der Waals surface area contributed by atoms with E-state index in [9.17, 15) is 4.79 Å². The lowest BCUT2D eigenvalue weighted by atomic mass is 9.84. The zero-order chi connectivity index (χ0) is 21.9. The van der Waals surface area contributed by atoms with Gasteiger partial charge in [-0.05, 0) is 75.6 Å². The van der Waals surface area contributed by atoms with E-state index in [1.807, 2.05) is 41.7 Å². The second kappa shape index (κ2) is 9.67. The van der Waals surface area contributed by atoms with Crippen molar-refractivity contribution in [2.24, 2.45) is 5.92 Å². The average Bonchev–Trinajstić information content (AvgIpc) is 3.26. The molecule has 5 rings (SSSR count). The summed E-state index contributed by atoms with van der Waals surface area (Å²) < 4.78 is 0. The average molecular weight is 449 g/mol. The molecule has 0 saturated heterocycles. The van der Waals surface area contributed by atoms with Crippen LogP contribution >= 0.6 is 11.3 Å². The van der Waals surface area contributed by atoms with Gasteiger partial charge < -0.3 is 5.32 Å². The van der Waals surface area contributed by atoms with Crippen LogP contribution in [-0.4, -0.2) is 39.9 Å². The normalized spacial score (nSPS) is 21.4. The summed E-state index contributed by atoms with van der Waals surface area (Å²) in [5.74, 6) is 0.804. The van der Waals surface area contributed by atoms with E-state index in [0.29, 0.717) is 0 Å². The van der Waals surface area contributed by atoms with Crippen molar-refractivity contribution in [3.8, 4) is 0 Å². The highest BCUT2D eigenvalue weighted by Gasteiger charge is 2.25. The molecule has 0 spiro atoms. The highest BCUT2D eigenvalue weighted by atomic mass is 32.1. The number of aromatic nitrogens is 2. The van der Waals surface area contributed by atoms with Gasteiger partial charge in [-0.1, -0.05) is 19.1 Å². The lowest BCUT2D eigenvalue weighted by molar-refractivity contribution is 0.0921. The number of thiazole rings is 1. The van der Waals surface area contributed by atoms with E-state index < -0.39 is 0 Å². The predicted octanol–water partition coefficient (Wildman–Crippen LogP) is 4.99. The molecule has 1 saturated carbocycles. The number of carbonyl (C=O) groups is 1. The molecule has 2 aliphatic rings. The molecule has 0 unspecified atom stereocenters. The van der Waals surface area contributed by atoms with Crippen LogP contribution in [0.4, 0.5) is 0 Å². The summed E-state index contributed by atoms with van der Waals surface area (Å²) in [6.07, 6.45) is 9.81. The van der Waals surface area contributed by atoms with Gasteiger partial charge in [0.15, 0.2) is 0 Å². The monoisotopic (exact) mass is 448 g/mol. The third-order valence-corrected chi connectivity index (χ3v) is 8.38. The van der Waals surface area contributed by atoms with Gasteiger partial charge in [0, 0.05) is 41.2 Å². The first-order chi connectivity index (χ1) is 15.7. The van der Waals surface area contributed by atoms with E-state index in [1.165, 1.54) is 47.9 Å². The molecular weight excluding hydrogens is 416 g/mol. The fourth-order valence-corrected chi connectivity index (χ4v) is 6.18. The SMILES string of the molecule is CCc1nc2c(s1)CCN(CCC1CCC(NC(=O)c3cccc4ncccc34)CC1)C2. The Morgan fingerprint density at radius 1 is 1.19 bits per heavy atom. The first-order valence-electron chi connectivity index (χ1n) is 12.0. The van der Waals surface area contributed by atoms with E-state index in [4.69, 9.17) is 4.98 Å². The van der Waals surface area contributed by atoms with Crippen molar-refractivity contribution >= 4 is 28.1 Å². The molecule has 1 fully saturated rings. The lowest BCUT2D eigenvalue weighted by Gasteiger charge is -2.32. The smallest absolute Gasteiger partial charge is 0.252 e. The number of aryl methyl sites for hydroxylation is 1. The maximum atomic E-state index is 12.9. The number of hydrogen-bond donors (Lipinski definition) is 1. The number of nitrogens with zero attached hydrogens (tertiary/aromatic N) is 3. The first-order valence-corrected chi connectivity index (χ1v) is 12.9. The fraction of sp³-hybridized carbons (Fsp3) is 0.500. The van der Waals surface area contributed by atoms with E-state index >= 15 is 0 Å². The highest BCUT2D eigenvalue weighted by Crippen LogP contribution is 2.30. The molecule has 1 N–H and O–H groups in total. The third kappa shape index (κ3) is 4.71. The molecule has 0 atom stereocenters. The number of rotatable bonds is 6. The van der Waals surface area contributed by atoms with Crippen molar-refractivity contribution in [3.63, 3.8) is 0 Å². The van der Waals surface area contributed by atoms with Gasteiger partial charge in [0.05, 0.1) is 16.2 Å². The standard InChI is InChI=1S/C26H32N4OS/c1-2-25-29-23-17-30(16-13-24(23)32-25)15-12-18-8-10-19(11-9-18)28-26(31)21-5-3-7-22-20(21)6-4-14-27-22/h3-7,14,18-19H,2,8-13,15-17H2,1H3,(H,28,31). The van der Waals surface area contributed by atoms with Gasteiger partial charge >= 0.3 is 0 Å². The molecule has 0 bridgehead atoms. The molecule has 32 heavy (non-hydrogen) atoms. The number of nitrogens with one attached hydrogen (secondary N) is 1. The number of fused-ring (bicyclic) bond motifs is 2. The van der Waals surface area contributed by atoms with Crippen molar-refractivity contribution in [1.82, 2.24) is 20.2 Å². The van der Waals surface area contributed by atoms with Gasteiger partial charge in [0.1, 0.15) is 0 Å². The lowest BCUT2D eigenvalue weighted by Crippen LogP contribution is -2.38. The number of benzene rings is 1. The number of carbonyl (C=O) groups excluding carboxylic acids is 1. The Morgan fingerprint density at radius 3 is 2.91 bits per heavy atom. The van der Waals surface area contributed by atoms with Gasteiger partial charge in [-0.2, -0.15) is 0 Å². The summed E-state index contributed by atoms with van der Waals surface area (Å²) in [6, 6.07) is 9.93. The maximum Gasteiger partial charge on any atom is 0.252 e. The van der Waals surface area contributed by atoms with Crippen LogP contribution in [0.5, 0.6) is 0 Å². The van der Waals surface area contributed by atoms with Crippen LogP contribution in [0.25, 0.3) is 10.9 Å². The number of pyridine rings is 1. The highest BCUT2D eigenvalue weighted by molar-refractivity contribution is 7.11. The van der Waals surface area contributed by atoms with Crippen LogP contribution in [0.1, 0.15) is 65.0 Å². The zero-order valence-corrected chi connectivity index (χ0v) is 19.7. The van der Waals surface area contributed by atoms with Crippen molar-refractivity contribution in [2.75, 3.05) is 13.1 Å². The summed E-state index contributed by atoms with van der Waals surface area (Å²) in [7, 11) is 0. The topological polar surface area (TPSA) is 58.1 Å². The molecule has 2 aromatic heterocycles. The molecule has 1 aliphatic heterocycles. The fourth-order valence-electron chi connectivity index (χ4n) is 5.17. The van der Waals surface area contributed by atoms with Gasteiger partial charge in [-0.3, -0.25) is 14.7 Å². The second-order valence-electron chi connectivity index (χ2n) is 9.21. The Labute approximate surface area is 194 Å². The minimum absolute atomic E-state index is 0.0332. The van der Waals surface area contributed by atoms with Crippen LogP contribution in [0.3, 0.4) is 0 Å². The van der Waals surface area contributed by atoms with Crippen LogP contribution < -0.4 is 5.32 Å². The molecule has 3 heterocycles. The molecule has 0 radical (unpaired) electrons. The third-order valence-electron chi connectivity index (χ3n) is 7.08. The van der Waals surface area contributed by atoms with E-state index in [2.05, 4.69) is 22.1 Å². The number of hydrogen-bond acceptors (Lipinski definition) is 5. The van der Waals surface area contributed by atoms with Crippen LogP contribution in [-0.2, 0) is 19.4 Å². The molecule has 168 valence electrons. The van der Waals surface area contributed by atoms with Crippen LogP contribution in [0, 0.1) is 5.92 Å². The summed E-state index contributed by atoms with van der Waals surface area (Å²) in [4.78, 5) is 26.2. The molecule has 1 aromatic carbocycles. The van der Waals surface area contributed by atoms with Gasteiger partial charge in [-0.15, -0.1) is 11.3 Å². The number of amides is 1. The van der Waals surface area contributed by atoms with E-state index in [1.54, 1.807) is 6.20 Å². The summed E-state index contributed by atoms with van der Waals surface area (Å²) in [6.45, 7) is 5.56. The Hall–Kier alpha value is -2.31. The molecule has 5 nitrogen and oxygen atoms in total. The van der Waals surface area contributed by atoms with Crippen molar-refractivity contribution in [3.05, 3.63) is 57.7 Å². The maximum absolute atomic E-state index is 12.9. The van der Waals surface area contributed by atoms with Gasteiger partial charge in [0.25, 0.3) is 5.91 Å². The largest absolute Gasteiger partial charge is 0.349 e. The molecule has 3 aromatic rings. The Bertz CT molecular complexity index is 1080. The summed E-state index contributed by atoms with van der Waals surface area (Å²) in [5, 5.41) is 5.50. The summed E-state index contributed by atoms with van der Waals surface area (Å²) >= 11 is 1.91. The minimum Gasteiger partial charge on any atom is -0.349 e. The van der Waals surface area contributed by atoms with E-state index in [0.717, 1.165) is 54.6 Å². The van der Waals surface area contributed by atoms with Crippen LogP contribution in [0.2, 0.25) is 0 Å². The Balaban J connectivity index is 1.09. The summed E-state index contributed by atoms with van der Waals surface area (Å²) in [5.41, 5.74) is 2.93. The molecule has 6 heteroatoms. The first kappa shape index (κ1) is 21.5. The van der Waals surface area contributed by atoms with Crippen LogP contribution in [0.15, 0.2) is 36.5 Å². The zero-order valence-electron chi connectivity index (χ0n) is 18.8. The molecular formula is C26H32N4OS. The minimum atomic E-state index is 0.0332. The Morgan fingerprint density at radius 2 is 2.06 bits per heavy atom. The Kier molecular flexibility index (Phi) is 6.51. The predicted molar refractivity (Wildman–Crippen MR) is 130 cm³/mol. The molecule has 1 amide bonds. The van der Waals surface area contributed by atoms with Gasteiger partial charge in [0.2, 0.25) is 0 Å².